The minimum Gasteiger partial charge on any atom is -0.496 e. The fraction of sp³-hybridized carbons (Fsp3) is 0.208. The summed E-state index contributed by atoms with van der Waals surface area (Å²) in [7, 11) is 1.64. The van der Waals surface area contributed by atoms with Gasteiger partial charge in [-0.05, 0) is 64.3 Å². The molecule has 0 heterocycles. The number of non-ortho nitro benzene ring substituents is 1. The van der Waals surface area contributed by atoms with E-state index in [-0.39, 0.29) is 12.3 Å². The van der Waals surface area contributed by atoms with Crippen LogP contribution in [0, 0.1) is 10.1 Å². The lowest BCUT2D eigenvalue weighted by molar-refractivity contribution is -0.384. The van der Waals surface area contributed by atoms with Crippen molar-refractivity contribution in [2.45, 2.75) is 20.1 Å². The van der Waals surface area contributed by atoms with Crippen LogP contribution >= 0.6 is 15.9 Å². The van der Waals surface area contributed by atoms with Crippen molar-refractivity contribution >= 4 is 27.8 Å². The van der Waals surface area contributed by atoms with Crippen LogP contribution < -0.4 is 19.6 Å². The summed E-state index contributed by atoms with van der Waals surface area (Å²) in [6.45, 7) is 3.12. The summed E-state index contributed by atoms with van der Waals surface area (Å²) in [6.07, 6.45) is 1.70. The number of halogens is 1. The van der Waals surface area contributed by atoms with E-state index in [0.29, 0.717) is 29.1 Å². The van der Waals surface area contributed by atoms with Crippen LogP contribution in [-0.2, 0) is 13.2 Å². The predicted octanol–water partition coefficient (Wildman–Crippen LogP) is 5.47. The van der Waals surface area contributed by atoms with E-state index in [2.05, 4.69) is 26.5 Å². The van der Waals surface area contributed by atoms with Crippen LogP contribution in [0.5, 0.6) is 17.2 Å². The van der Waals surface area contributed by atoms with Gasteiger partial charge in [-0.2, -0.15) is 5.10 Å². The predicted molar refractivity (Wildman–Crippen MR) is 130 cm³/mol. The molecule has 0 aliphatic rings. The van der Waals surface area contributed by atoms with Crippen molar-refractivity contribution in [3.63, 3.8) is 0 Å². The third kappa shape index (κ3) is 6.69. The van der Waals surface area contributed by atoms with E-state index < -0.39 is 4.92 Å². The molecule has 0 bridgehead atoms. The number of nitrogens with one attached hydrogen (secondary N) is 1. The van der Waals surface area contributed by atoms with Crippen LogP contribution in [0.4, 0.5) is 5.69 Å². The van der Waals surface area contributed by atoms with Crippen molar-refractivity contribution in [1.82, 2.24) is 5.43 Å². The fourth-order valence-corrected chi connectivity index (χ4v) is 3.61. The van der Waals surface area contributed by atoms with Crippen molar-refractivity contribution in [3.05, 3.63) is 91.9 Å². The number of nitrogens with zero attached hydrogens (tertiary/aromatic N) is 2. The molecule has 0 amide bonds. The molecule has 0 aromatic heterocycles. The Morgan fingerprint density at radius 3 is 2.55 bits per heavy atom. The van der Waals surface area contributed by atoms with Gasteiger partial charge in [0.15, 0.2) is 11.5 Å². The second kappa shape index (κ2) is 11.9. The number of nitro groups is 1. The Balaban J connectivity index is 1.68. The highest BCUT2D eigenvalue weighted by Crippen LogP contribution is 2.37. The summed E-state index contributed by atoms with van der Waals surface area (Å²) in [6, 6.07) is 17.7. The number of rotatable bonds is 11. The highest BCUT2D eigenvalue weighted by Gasteiger charge is 2.13. The SMILES string of the molecule is CCOc1cc(/C=N/NCc2ccccc2OC)cc(Br)c1OCc1ccc([N+](=O)[O-])cc1. The molecule has 3 rings (SSSR count). The monoisotopic (exact) mass is 513 g/mol. The van der Waals surface area contributed by atoms with Crippen molar-refractivity contribution in [2.24, 2.45) is 5.10 Å². The molecule has 0 atom stereocenters. The van der Waals surface area contributed by atoms with E-state index in [1.807, 2.05) is 43.3 Å². The van der Waals surface area contributed by atoms with Crippen LogP contribution in [0.25, 0.3) is 0 Å². The molecule has 9 heteroatoms. The van der Waals surface area contributed by atoms with E-state index in [4.69, 9.17) is 14.2 Å². The van der Waals surface area contributed by atoms with Gasteiger partial charge >= 0.3 is 0 Å². The van der Waals surface area contributed by atoms with Gasteiger partial charge < -0.3 is 19.6 Å². The summed E-state index contributed by atoms with van der Waals surface area (Å²) in [5, 5.41) is 15.1. The average Bonchev–Trinajstić information content (AvgIpc) is 2.82. The van der Waals surface area contributed by atoms with Crippen LogP contribution in [0.2, 0.25) is 0 Å². The maximum atomic E-state index is 10.8. The first-order chi connectivity index (χ1) is 16.0. The number of hydrogen-bond acceptors (Lipinski definition) is 7. The van der Waals surface area contributed by atoms with E-state index >= 15 is 0 Å². The average molecular weight is 514 g/mol. The molecule has 0 spiro atoms. The van der Waals surface area contributed by atoms with Gasteiger partial charge in [-0.25, -0.2) is 0 Å². The van der Waals surface area contributed by atoms with E-state index in [0.717, 1.165) is 22.4 Å². The zero-order chi connectivity index (χ0) is 23.6. The highest BCUT2D eigenvalue weighted by atomic mass is 79.9. The van der Waals surface area contributed by atoms with Gasteiger partial charge in [-0.3, -0.25) is 10.1 Å². The van der Waals surface area contributed by atoms with Gasteiger partial charge in [-0.1, -0.05) is 18.2 Å². The molecule has 0 aliphatic carbocycles. The second-order valence-corrected chi connectivity index (χ2v) is 7.73. The third-order valence-corrected chi connectivity index (χ3v) is 5.22. The van der Waals surface area contributed by atoms with Crippen LogP contribution in [0.3, 0.4) is 0 Å². The lowest BCUT2D eigenvalue weighted by atomic mass is 10.2. The molecule has 3 aromatic carbocycles. The van der Waals surface area contributed by atoms with E-state index in [1.165, 1.54) is 12.1 Å². The fourth-order valence-electron chi connectivity index (χ4n) is 3.03. The van der Waals surface area contributed by atoms with Gasteiger partial charge in [0.2, 0.25) is 0 Å². The molecule has 172 valence electrons. The Hall–Kier alpha value is -3.59. The molecule has 0 saturated heterocycles. The first-order valence-corrected chi connectivity index (χ1v) is 11.0. The summed E-state index contributed by atoms with van der Waals surface area (Å²) < 4.78 is 17.8. The Morgan fingerprint density at radius 1 is 1.09 bits per heavy atom. The number of ether oxygens (including phenoxy) is 3. The maximum Gasteiger partial charge on any atom is 0.269 e. The molecule has 0 fully saturated rings. The quantitative estimate of drug-likeness (QED) is 0.207. The number of para-hydroxylation sites is 1. The zero-order valence-corrected chi connectivity index (χ0v) is 19.9. The lowest BCUT2D eigenvalue weighted by Crippen LogP contribution is -2.07. The number of hydrazone groups is 1. The van der Waals surface area contributed by atoms with Crippen LogP contribution in [0.15, 0.2) is 70.2 Å². The van der Waals surface area contributed by atoms with Gasteiger partial charge in [0.25, 0.3) is 5.69 Å². The first-order valence-electron chi connectivity index (χ1n) is 10.2. The van der Waals surface area contributed by atoms with Crippen LogP contribution in [-0.4, -0.2) is 24.9 Å². The molecular formula is C24H24BrN3O5. The number of nitro benzene ring substituents is 1. The molecule has 33 heavy (non-hydrogen) atoms. The van der Waals surface area contributed by atoms with E-state index in [1.54, 1.807) is 25.5 Å². The lowest BCUT2D eigenvalue weighted by Gasteiger charge is -2.14. The molecule has 0 radical (unpaired) electrons. The summed E-state index contributed by atoms with van der Waals surface area (Å²) in [5.74, 6) is 1.92. The smallest absolute Gasteiger partial charge is 0.269 e. The standard InChI is InChI=1S/C24H24BrN3O5/c1-3-32-23-13-18(14-26-27-15-19-6-4-5-7-22(19)31-2)12-21(25)24(23)33-16-17-8-10-20(11-9-17)28(29)30/h4-14,27H,3,15-16H2,1-2H3/b26-14+. The molecule has 1 N–H and O–H groups in total. The minimum atomic E-state index is -0.431. The van der Waals surface area contributed by atoms with Gasteiger partial charge in [0.05, 0.1) is 35.9 Å². The summed E-state index contributed by atoms with van der Waals surface area (Å²) in [5.41, 5.74) is 5.69. The van der Waals surface area contributed by atoms with Gasteiger partial charge in [0.1, 0.15) is 12.4 Å². The number of hydrogen-bond donors (Lipinski definition) is 1. The largest absolute Gasteiger partial charge is 0.496 e. The molecule has 0 unspecified atom stereocenters. The Kier molecular flexibility index (Phi) is 8.65. The normalized spacial score (nSPS) is 10.8. The third-order valence-electron chi connectivity index (χ3n) is 4.63. The first kappa shape index (κ1) is 24.1. The Bertz CT molecular complexity index is 1120. The van der Waals surface area contributed by atoms with Crippen molar-refractivity contribution in [3.8, 4) is 17.2 Å². The second-order valence-electron chi connectivity index (χ2n) is 6.88. The van der Waals surface area contributed by atoms with Crippen molar-refractivity contribution in [2.75, 3.05) is 13.7 Å². The zero-order valence-electron chi connectivity index (χ0n) is 18.3. The summed E-state index contributed by atoms with van der Waals surface area (Å²) in [4.78, 5) is 10.4. The molecule has 3 aromatic rings. The van der Waals surface area contributed by atoms with Crippen molar-refractivity contribution in [1.29, 1.82) is 0 Å². The van der Waals surface area contributed by atoms with Crippen LogP contribution in [0.1, 0.15) is 23.6 Å². The maximum absolute atomic E-state index is 10.8. The summed E-state index contributed by atoms with van der Waals surface area (Å²) >= 11 is 3.54. The topological polar surface area (TPSA) is 95.2 Å². The molecular weight excluding hydrogens is 490 g/mol. The van der Waals surface area contributed by atoms with Crippen molar-refractivity contribution < 1.29 is 19.1 Å². The number of methoxy groups -OCH3 is 1. The molecule has 0 aliphatic heterocycles. The number of benzene rings is 3. The minimum absolute atomic E-state index is 0.0397. The highest BCUT2D eigenvalue weighted by molar-refractivity contribution is 9.10. The van der Waals surface area contributed by atoms with Gasteiger partial charge in [0, 0.05) is 17.7 Å². The Morgan fingerprint density at radius 2 is 1.85 bits per heavy atom. The molecule has 0 saturated carbocycles. The molecule has 8 nitrogen and oxygen atoms in total. The van der Waals surface area contributed by atoms with E-state index in [9.17, 15) is 10.1 Å². The van der Waals surface area contributed by atoms with Gasteiger partial charge in [-0.15, -0.1) is 0 Å². The Labute approximate surface area is 200 Å².